The molecule has 0 amide bonds. The van der Waals surface area contributed by atoms with E-state index in [4.69, 9.17) is 14.2 Å². The number of hydrogen-bond acceptors (Lipinski definition) is 5. The molecule has 3 aliphatic rings. The van der Waals surface area contributed by atoms with Gasteiger partial charge >= 0.3 is 11.9 Å². The summed E-state index contributed by atoms with van der Waals surface area (Å²) in [6.07, 6.45) is 7.41. The molecular weight excluding hydrogens is 332 g/mol. The van der Waals surface area contributed by atoms with E-state index in [1.807, 2.05) is 6.08 Å². The van der Waals surface area contributed by atoms with Crippen LogP contribution in [0.15, 0.2) is 23.8 Å². The summed E-state index contributed by atoms with van der Waals surface area (Å²) in [5, 5.41) is 0. The smallest absolute Gasteiger partial charge is 0.333 e. The van der Waals surface area contributed by atoms with Crippen molar-refractivity contribution in [2.24, 2.45) is 17.8 Å². The quantitative estimate of drug-likeness (QED) is 0.331. The van der Waals surface area contributed by atoms with Crippen molar-refractivity contribution in [3.05, 3.63) is 23.8 Å². The molecule has 0 aromatic carbocycles. The number of epoxide rings is 1. The molecule has 26 heavy (non-hydrogen) atoms. The molecule has 3 rings (SSSR count). The monoisotopic (exact) mass is 362 g/mol. The van der Waals surface area contributed by atoms with E-state index in [0.29, 0.717) is 31.1 Å². The van der Waals surface area contributed by atoms with E-state index >= 15 is 0 Å². The maximum Gasteiger partial charge on any atom is 0.333 e. The molecule has 2 saturated heterocycles. The van der Waals surface area contributed by atoms with E-state index in [1.54, 1.807) is 6.92 Å². The fourth-order valence-corrected chi connectivity index (χ4v) is 4.57. The van der Waals surface area contributed by atoms with E-state index in [0.717, 1.165) is 25.7 Å². The third kappa shape index (κ3) is 3.88. The number of methoxy groups -OCH3 is 1. The van der Waals surface area contributed by atoms with Gasteiger partial charge in [0.15, 0.2) is 0 Å². The van der Waals surface area contributed by atoms with Crippen LogP contribution >= 0.6 is 0 Å². The Kier molecular flexibility index (Phi) is 5.56. The molecule has 0 unspecified atom stereocenters. The highest BCUT2D eigenvalue weighted by Crippen LogP contribution is 2.49. The molecule has 5 atom stereocenters. The van der Waals surface area contributed by atoms with Crippen LogP contribution in [0.1, 0.15) is 52.4 Å². The Morgan fingerprint density at radius 1 is 1.42 bits per heavy atom. The van der Waals surface area contributed by atoms with Crippen molar-refractivity contribution in [3.8, 4) is 0 Å². The normalized spacial score (nSPS) is 37.4. The molecule has 144 valence electrons. The molecule has 0 radical (unpaired) electrons. The van der Waals surface area contributed by atoms with Crippen LogP contribution in [-0.2, 0) is 23.8 Å². The summed E-state index contributed by atoms with van der Waals surface area (Å²) in [4.78, 5) is 24.0. The van der Waals surface area contributed by atoms with Crippen molar-refractivity contribution < 1.29 is 23.8 Å². The van der Waals surface area contributed by atoms with Crippen molar-refractivity contribution in [1.82, 2.24) is 0 Å². The van der Waals surface area contributed by atoms with Crippen molar-refractivity contribution in [2.45, 2.75) is 64.1 Å². The SMILES string of the molecule is C=C1CC[C@H]2O[C@@]2(C)CC[C@@H]2[C@H](CC/C=C(\C)C(=O)OC)C(=O)OC[C@@H]12. The second kappa shape index (κ2) is 7.55. The minimum Gasteiger partial charge on any atom is -0.466 e. The molecule has 0 N–H and O–H groups in total. The predicted molar refractivity (Wildman–Crippen MR) is 97.3 cm³/mol. The number of carbonyl (C=O) groups excluding carboxylic acids is 2. The molecule has 0 aromatic rings. The van der Waals surface area contributed by atoms with Crippen molar-refractivity contribution in [3.63, 3.8) is 0 Å². The zero-order valence-corrected chi connectivity index (χ0v) is 16.1. The Morgan fingerprint density at radius 3 is 2.92 bits per heavy atom. The molecule has 5 heteroatoms. The lowest BCUT2D eigenvalue weighted by Gasteiger charge is -2.38. The second-order valence-corrected chi connectivity index (χ2v) is 8.12. The maximum atomic E-state index is 12.5. The van der Waals surface area contributed by atoms with E-state index in [9.17, 15) is 9.59 Å². The zero-order valence-electron chi connectivity index (χ0n) is 16.1. The number of fused-ring (bicyclic) bond motifs is 2. The molecule has 0 aromatic heterocycles. The van der Waals surface area contributed by atoms with E-state index in [-0.39, 0.29) is 35.3 Å². The number of hydrogen-bond donors (Lipinski definition) is 0. The first kappa shape index (κ1) is 19.2. The summed E-state index contributed by atoms with van der Waals surface area (Å²) in [5.74, 6) is -0.0958. The molecule has 1 saturated carbocycles. The Balaban J connectivity index is 1.71. The van der Waals surface area contributed by atoms with E-state index < -0.39 is 0 Å². The van der Waals surface area contributed by atoms with Gasteiger partial charge in [0.1, 0.15) is 0 Å². The Labute approximate surface area is 155 Å². The van der Waals surface area contributed by atoms with Gasteiger partial charge in [-0.05, 0) is 58.3 Å². The standard InChI is InChI=1S/C21H30O5/c1-13-8-9-18-21(3,26-18)11-10-15-16(20(23)25-12-17(13)15)7-5-6-14(2)19(22)24-4/h6,15-18H,1,5,7-12H2,2-4H3/b14-6+/t15-,16+,17+,18-,21+/m1/s1. The molecule has 2 aliphatic heterocycles. The number of esters is 2. The van der Waals surface area contributed by atoms with Crippen LogP contribution in [0.3, 0.4) is 0 Å². The van der Waals surface area contributed by atoms with Crippen LogP contribution in [0.5, 0.6) is 0 Å². The van der Waals surface area contributed by atoms with Crippen molar-refractivity contribution >= 4 is 11.9 Å². The third-order valence-corrected chi connectivity index (χ3v) is 6.44. The van der Waals surface area contributed by atoms with Crippen LogP contribution in [0.4, 0.5) is 0 Å². The van der Waals surface area contributed by atoms with Gasteiger partial charge in [0.05, 0.1) is 31.3 Å². The number of cyclic esters (lactones) is 1. The minimum absolute atomic E-state index is 0.0254. The number of carbonyl (C=O) groups is 2. The summed E-state index contributed by atoms with van der Waals surface area (Å²) >= 11 is 0. The Bertz CT molecular complexity index is 622. The summed E-state index contributed by atoms with van der Waals surface area (Å²) < 4.78 is 16.1. The van der Waals surface area contributed by atoms with Gasteiger partial charge in [0.25, 0.3) is 0 Å². The van der Waals surface area contributed by atoms with Crippen LogP contribution < -0.4 is 0 Å². The highest BCUT2D eigenvalue weighted by Gasteiger charge is 2.53. The van der Waals surface area contributed by atoms with Crippen molar-refractivity contribution in [1.29, 1.82) is 0 Å². The average molecular weight is 362 g/mol. The van der Waals surface area contributed by atoms with Gasteiger partial charge in [0, 0.05) is 11.5 Å². The fourth-order valence-electron chi connectivity index (χ4n) is 4.57. The lowest BCUT2D eigenvalue weighted by atomic mass is 9.72. The minimum atomic E-state index is -0.324. The van der Waals surface area contributed by atoms with E-state index in [1.165, 1.54) is 12.7 Å². The molecule has 2 heterocycles. The first-order valence-corrected chi connectivity index (χ1v) is 9.63. The zero-order chi connectivity index (χ0) is 18.9. The molecule has 5 nitrogen and oxygen atoms in total. The van der Waals surface area contributed by atoms with Gasteiger partial charge in [0.2, 0.25) is 0 Å². The molecule has 0 bridgehead atoms. The lowest BCUT2D eigenvalue weighted by Crippen LogP contribution is -2.40. The maximum absolute atomic E-state index is 12.5. The topological polar surface area (TPSA) is 65.1 Å². The highest BCUT2D eigenvalue weighted by molar-refractivity contribution is 5.87. The Hall–Kier alpha value is -1.62. The Morgan fingerprint density at radius 2 is 2.19 bits per heavy atom. The highest BCUT2D eigenvalue weighted by atomic mass is 16.6. The van der Waals surface area contributed by atoms with Gasteiger partial charge in [-0.1, -0.05) is 18.2 Å². The van der Waals surface area contributed by atoms with Crippen LogP contribution in [0.25, 0.3) is 0 Å². The number of rotatable bonds is 4. The van der Waals surface area contributed by atoms with Gasteiger partial charge < -0.3 is 14.2 Å². The van der Waals surface area contributed by atoms with E-state index in [2.05, 4.69) is 13.5 Å². The molecule has 0 spiro atoms. The first-order valence-electron chi connectivity index (χ1n) is 9.63. The molecule has 3 fully saturated rings. The predicted octanol–water partition coefficient (Wildman–Crippen LogP) is 3.58. The molecule has 1 aliphatic carbocycles. The van der Waals surface area contributed by atoms with Gasteiger partial charge in [-0.25, -0.2) is 4.79 Å². The summed E-state index contributed by atoms with van der Waals surface area (Å²) in [7, 11) is 1.37. The summed E-state index contributed by atoms with van der Waals surface area (Å²) in [6.45, 7) is 8.67. The lowest BCUT2D eigenvalue weighted by molar-refractivity contribution is -0.160. The average Bonchev–Trinajstić information content (AvgIpc) is 3.27. The second-order valence-electron chi connectivity index (χ2n) is 8.12. The van der Waals surface area contributed by atoms with Crippen LogP contribution in [-0.4, -0.2) is 37.4 Å². The fraction of sp³-hybridized carbons (Fsp3) is 0.714. The van der Waals surface area contributed by atoms with Gasteiger partial charge in [-0.15, -0.1) is 0 Å². The third-order valence-electron chi connectivity index (χ3n) is 6.44. The first-order chi connectivity index (χ1) is 12.4. The largest absolute Gasteiger partial charge is 0.466 e. The van der Waals surface area contributed by atoms with Gasteiger partial charge in [-0.3, -0.25) is 4.79 Å². The van der Waals surface area contributed by atoms with Gasteiger partial charge in [-0.2, -0.15) is 0 Å². The summed E-state index contributed by atoms with van der Waals surface area (Å²) in [6, 6.07) is 0. The molecular formula is C21H30O5. The van der Waals surface area contributed by atoms with Crippen molar-refractivity contribution in [2.75, 3.05) is 13.7 Å². The summed E-state index contributed by atoms with van der Waals surface area (Å²) in [5.41, 5.74) is 1.74. The van der Waals surface area contributed by atoms with Crippen LogP contribution in [0.2, 0.25) is 0 Å². The van der Waals surface area contributed by atoms with Crippen LogP contribution in [0, 0.1) is 17.8 Å². The number of ether oxygens (including phenoxy) is 3. The number of allylic oxidation sites excluding steroid dienone is 1.